The number of thiophene rings is 1. The summed E-state index contributed by atoms with van der Waals surface area (Å²) in [6.45, 7) is 0. The van der Waals surface area contributed by atoms with E-state index in [0.717, 1.165) is 5.75 Å². The van der Waals surface area contributed by atoms with Crippen LogP contribution in [-0.2, 0) is 4.79 Å². The third-order valence-electron chi connectivity index (χ3n) is 2.14. The number of rotatable bonds is 6. The monoisotopic (exact) mass is 273 g/mol. The normalized spacial score (nSPS) is 12.1. The van der Waals surface area contributed by atoms with Crippen molar-refractivity contribution in [3.05, 3.63) is 17.0 Å². The number of carbonyl (C=O) groups is 2. The summed E-state index contributed by atoms with van der Waals surface area (Å²) in [5.41, 5.74) is 11.2. The summed E-state index contributed by atoms with van der Waals surface area (Å²) in [6.07, 6.45) is 2.55. The van der Waals surface area contributed by atoms with Crippen molar-refractivity contribution >= 4 is 39.9 Å². The van der Waals surface area contributed by atoms with Gasteiger partial charge >= 0.3 is 0 Å². The molecule has 1 rings (SSSR count). The van der Waals surface area contributed by atoms with E-state index in [1.165, 1.54) is 11.3 Å². The van der Waals surface area contributed by atoms with Crippen molar-refractivity contribution in [2.24, 2.45) is 11.5 Å². The Morgan fingerprint density at radius 2 is 2.29 bits per heavy atom. The first-order valence-electron chi connectivity index (χ1n) is 4.99. The molecule has 0 aliphatic rings. The fourth-order valence-electron chi connectivity index (χ4n) is 1.18. The lowest BCUT2D eigenvalue weighted by molar-refractivity contribution is -0.117. The number of amides is 2. The molecule has 0 fully saturated rings. The molecule has 0 saturated heterocycles. The van der Waals surface area contributed by atoms with E-state index in [-0.39, 0.29) is 5.91 Å². The van der Waals surface area contributed by atoms with Gasteiger partial charge in [-0.2, -0.15) is 11.8 Å². The van der Waals surface area contributed by atoms with E-state index in [1.807, 2.05) is 6.26 Å². The van der Waals surface area contributed by atoms with Crippen LogP contribution in [0.4, 0.5) is 5.00 Å². The van der Waals surface area contributed by atoms with Gasteiger partial charge in [0.25, 0.3) is 5.91 Å². The van der Waals surface area contributed by atoms with Crippen molar-refractivity contribution in [3.8, 4) is 0 Å². The van der Waals surface area contributed by atoms with E-state index in [1.54, 1.807) is 23.2 Å². The van der Waals surface area contributed by atoms with Crippen LogP contribution in [-0.4, -0.2) is 29.9 Å². The number of anilines is 1. The van der Waals surface area contributed by atoms with Gasteiger partial charge in [0.05, 0.1) is 11.6 Å². The lowest BCUT2D eigenvalue weighted by Gasteiger charge is -2.11. The van der Waals surface area contributed by atoms with Gasteiger partial charge in [-0.05, 0) is 29.9 Å². The Hall–Kier alpha value is -1.05. The first-order valence-corrected chi connectivity index (χ1v) is 7.26. The van der Waals surface area contributed by atoms with Gasteiger partial charge in [0, 0.05) is 0 Å². The Morgan fingerprint density at radius 1 is 1.59 bits per heavy atom. The maximum absolute atomic E-state index is 11.7. The van der Waals surface area contributed by atoms with Crippen LogP contribution < -0.4 is 16.8 Å². The standard InChI is InChI=1S/C10H15N3O2S2/c1-16-4-3-7(11)9(15)13-10-6(8(12)14)2-5-17-10/h2,5,7H,3-4,11H2,1H3,(H2,12,14)(H,13,15)/t7-/m1/s1. The SMILES string of the molecule is CSCC[C@@H](N)C(=O)Nc1sccc1C(N)=O. The molecular weight excluding hydrogens is 258 g/mol. The summed E-state index contributed by atoms with van der Waals surface area (Å²) < 4.78 is 0. The van der Waals surface area contributed by atoms with Crippen molar-refractivity contribution in [1.82, 2.24) is 0 Å². The minimum absolute atomic E-state index is 0.288. The molecule has 0 aliphatic heterocycles. The molecule has 0 aliphatic carbocycles. The molecule has 0 unspecified atom stereocenters. The summed E-state index contributed by atoms with van der Waals surface area (Å²) in [5.74, 6) is -0.0231. The highest BCUT2D eigenvalue weighted by Crippen LogP contribution is 2.22. The molecule has 17 heavy (non-hydrogen) atoms. The molecule has 0 radical (unpaired) electrons. The largest absolute Gasteiger partial charge is 0.366 e. The zero-order chi connectivity index (χ0) is 12.8. The topological polar surface area (TPSA) is 98.2 Å². The summed E-state index contributed by atoms with van der Waals surface area (Å²) in [7, 11) is 0. The molecular formula is C10H15N3O2S2. The number of nitrogens with two attached hydrogens (primary N) is 2. The molecule has 0 saturated carbocycles. The van der Waals surface area contributed by atoms with E-state index >= 15 is 0 Å². The van der Waals surface area contributed by atoms with E-state index < -0.39 is 11.9 Å². The third kappa shape index (κ3) is 4.03. The van der Waals surface area contributed by atoms with Crippen LogP contribution >= 0.6 is 23.1 Å². The van der Waals surface area contributed by atoms with Crippen LogP contribution in [0.15, 0.2) is 11.4 Å². The summed E-state index contributed by atoms with van der Waals surface area (Å²) in [6, 6.07) is 1.01. The second kappa shape index (κ2) is 6.63. The van der Waals surface area contributed by atoms with Crippen LogP contribution in [0.25, 0.3) is 0 Å². The first kappa shape index (κ1) is 14.0. The second-order valence-corrected chi connectivity index (χ2v) is 5.31. The fraction of sp³-hybridized carbons (Fsp3) is 0.400. The van der Waals surface area contributed by atoms with Crippen molar-refractivity contribution < 1.29 is 9.59 Å². The van der Waals surface area contributed by atoms with Gasteiger partial charge in [-0.1, -0.05) is 0 Å². The molecule has 5 nitrogen and oxygen atoms in total. The molecule has 0 spiro atoms. The van der Waals surface area contributed by atoms with Gasteiger partial charge in [0.15, 0.2) is 0 Å². The quantitative estimate of drug-likeness (QED) is 0.716. The predicted molar refractivity (Wildman–Crippen MR) is 72.4 cm³/mol. The summed E-state index contributed by atoms with van der Waals surface area (Å²) >= 11 is 2.89. The van der Waals surface area contributed by atoms with Crippen molar-refractivity contribution in [1.29, 1.82) is 0 Å². The Morgan fingerprint density at radius 3 is 2.88 bits per heavy atom. The zero-order valence-electron chi connectivity index (χ0n) is 9.43. The maximum Gasteiger partial charge on any atom is 0.251 e. The molecule has 1 atom stereocenters. The molecule has 1 heterocycles. The minimum Gasteiger partial charge on any atom is -0.366 e. The van der Waals surface area contributed by atoms with E-state index in [0.29, 0.717) is 17.0 Å². The number of hydrogen-bond acceptors (Lipinski definition) is 5. The number of nitrogens with one attached hydrogen (secondary N) is 1. The Balaban J connectivity index is 2.61. The highest BCUT2D eigenvalue weighted by Gasteiger charge is 2.17. The predicted octanol–water partition coefficient (Wildman–Crippen LogP) is 0.866. The van der Waals surface area contributed by atoms with Crippen LogP contribution in [0.3, 0.4) is 0 Å². The summed E-state index contributed by atoms with van der Waals surface area (Å²) in [4.78, 5) is 22.7. The van der Waals surface area contributed by atoms with Crippen molar-refractivity contribution in [3.63, 3.8) is 0 Å². The Labute approximate surface area is 108 Å². The van der Waals surface area contributed by atoms with Gasteiger partial charge in [-0.25, -0.2) is 0 Å². The molecule has 0 bridgehead atoms. The summed E-state index contributed by atoms with van der Waals surface area (Å²) in [5, 5.41) is 4.78. The van der Waals surface area contributed by atoms with Crippen LogP contribution in [0, 0.1) is 0 Å². The molecule has 1 aromatic rings. The number of carbonyl (C=O) groups excluding carboxylic acids is 2. The lowest BCUT2D eigenvalue weighted by atomic mass is 10.2. The van der Waals surface area contributed by atoms with Gasteiger partial charge < -0.3 is 16.8 Å². The van der Waals surface area contributed by atoms with E-state index in [9.17, 15) is 9.59 Å². The van der Waals surface area contributed by atoms with Gasteiger partial charge in [-0.15, -0.1) is 11.3 Å². The molecule has 5 N–H and O–H groups in total. The Kier molecular flexibility index (Phi) is 5.46. The fourth-order valence-corrected chi connectivity index (χ4v) is 2.47. The first-order chi connectivity index (χ1) is 8.06. The van der Waals surface area contributed by atoms with Gasteiger partial charge in [0.2, 0.25) is 5.91 Å². The number of thioether (sulfide) groups is 1. The smallest absolute Gasteiger partial charge is 0.251 e. The minimum atomic E-state index is -0.565. The van der Waals surface area contributed by atoms with Crippen molar-refractivity contribution in [2.45, 2.75) is 12.5 Å². The molecule has 0 aromatic carbocycles. The van der Waals surface area contributed by atoms with E-state index in [2.05, 4.69) is 5.32 Å². The van der Waals surface area contributed by atoms with Crippen LogP contribution in [0.5, 0.6) is 0 Å². The average molecular weight is 273 g/mol. The van der Waals surface area contributed by atoms with Gasteiger partial charge in [0.1, 0.15) is 5.00 Å². The third-order valence-corrected chi connectivity index (χ3v) is 3.61. The number of primary amides is 1. The number of hydrogen-bond donors (Lipinski definition) is 3. The second-order valence-electron chi connectivity index (χ2n) is 3.40. The maximum atomic E-state index is 11.7. The van der Waals surface area contributed by atoms with Crippen LogP contribution in [0.1, 0.15) is 16.8 Å². The van der Waals surface area contributed by atoms with Crippen LogP contribution in [0.2, 0.25) is 0 Å². The molecule has 2 amide bonds. The highest BCUT2D eigenvalue weighted by molar-refractivity contribution is 7.98. The molecule has 7 heteroatoms. The van der Waals surface area contributed by atoms with Gasteiger partial charge in [-0.3, -0.25) is 9.59 Å². The zero-order valence-corrected chi connectivity index (χ0v) is 11.1. The highest BCUT2D eigenvalue weighted by atomic mass is 32.2. The molecule has 1 aromatic heterocycles. The van der Waals surface area contributed by atoms with E-state index in [4.69, 9.17) is 11.5 Å². The Bertz CT molecular complexity index is 406. The lowest BCUT2D eigenvalue weighted by Crippen LogP contribution is -2.36. The molecule has 94 valence electrons. The van der Waals surface area contributed by atoms with Crippen molar-refractivity contribution in [2.75, 3.05) is 17.3 Å². The average Bonchev–Trinajstić information content (AvgIpc) is 2.73.